The molecule has 0 atom stereocenters. The molecule has 0 N–H and O–H groups in total. The third-order valence-corrected chi connectivity index (χ3v) is 4.34. The van der Waals surface area contributed by atoms with Crippen LogP contribution in [0.2, 0.25) is 0 Å². The van der Waals surface area contributed by atoms with Crippen LogP contribution >= 0.6 is 15.9 Å². The second-order valence-electron chi connectivity index (χ2n) is 5.31. The third-order valence-electron chi connectivity index (χ3n) is 3.72. The van der Waals surface area contributed by atoms with Crippen molar-refractivity contribution in [3.8, 4) is 34.4 Å². The zero-order valence-electron chi connectivity index (χ0n) is 13.6. The van der Waals surface area contributed by atoms with E-state index in [4.69, 9.17) is 9.47 Å². The SMILES string of the molecule is COc1ccc(-c2cccc(Oc3ccc(F)cc3Br)c2C#N)c(F)c1. The Bertz CT molecular complexity index is 1020. The molecule has 3 rings (SSSR count). The molecule has 0 spiro atoms. The van der Waals surface area contributed by atoms with Crippen LogP contribution in [-0.4, -0.2) is 7.11 Å². The summed E-state index contributed by atoms with van der Waals surface area (Å²) in [6, 6.07) is 15.3. The summed E-state index contributed by atoms with van der Waals surface area (Å²) in [6.07, 6.45) is 0. The Balaban J connectivity index is 2.07. The fourth-order valence-electron chi connectivity index (χ4n) is 2.47. The van der Waals surface area contributed by atoms with E-state index in [0.717, 1.165) is 0 Å². The molecule has 26 heavy (non-hydrogen) atoms. The van der Waals surface area contributed by atoms with Gasteiger partial charge in [-0.1, -0.05) is 12.1 Å². The lowest BCUT2D eigenvalue weighted by atomic mass is 9.99. The molecule has 6 heteroatoms. The summed E-state index contributed by atoms with van der Waals surface area (Å²) in [6.45, 7) is 0. The maximum Gasteiger partial charge on any atom is 0.145 e. The first-order valence-corrected chi connectivity index (χ1v) is 8.32. The number of nitriles is 1. The zero-order chi connectivity index (χ0) is 18.7. The van der Waals surface area contributed by atoms with Gasteiger partial charge in [-0.15, -0.1) is 0 Å². The van der Waals surface area contributed by atoms with Crippen LogP contribution in [0.15, 0.2) is 59.1 Å². The lowest BCUT2D eigenvalue weighted by molar-refractivity contribution is 0.411. The van der Waals surface area contributed by atoms with Gasteiger partial charge in [0, 0.05) is 17.2 Å². The summed E-state index contributed by atoms with van der Waals surface area (Å²) < 4.78 is 38.8. The Morgan fingerprint density at radius 2 is 1.77 bits per heavy atom. The molecule has 130 valence electrons. The van der Waals surface area contributed by atoms with Gasteiger partial charge in [-0.3, -0.25) is 0 Å². The number of benzene rings is 3. The van der Waals surface area contributed by atoms with Gasteiger partial charge in [-0.25, -0.2) is 8.78 Å². The standard InChI is InChI=1S/C20H12BrF2NO2/c1-25-13-6-7-15(18(23)10-13)14-3-2-4-19(16(14)11-24)26-20-8-5-12(22)9-17(20)21/h2-10H,1H3. The van der Waals surface area contributed by atoms with Crippen LogP contribution in [0.5, 0.6) is 17.2 Å². The van der Waals surface area contributed by atoms with Crippen LogP contribution < -0.4 is 9.47 Å². The minimum atomic E-state index is -0.513. The molecule has 0 aliphatic carbocycles. The average Bonchev–Trinajstić information content (AvgIpc) is 2.63. The topological polar surface area (TPSA) is 42.2 Å². The van der Waals surface area contributed by atoms with Gasteiger partial charge in [-0.2, -0.15) is 5.26 Å². The van der Waals surface area contributed by atoms with Gasteiger partial charge in [0.1, 0.15) is 40.5 Å². The second-order valence-corrected chi connectivity index (χ2v) is 6.17. The van der Waals surface area contributed by atoms with Gasteiger partial charge in [-0.05, 0) is 52.3 Å². The number of halogens is 3. The van der Waals surface area contributed by atoms with E-state index in [9.17, 15) is 14.0 Å². The molecular weight excluding hydrogens is 404 g/mol. The number of rotatable bonds is 4. The van der Waals surface area contributed by atoms with Crippen molar-refractivity contribution in [3.05, 3.63) is 76.3 Å². The maximum absolute atomic E-state index is 14.4. The monoisotopic (exact) mass is 415 g/mol. The van der Waals surface area contributed by atoms with Crippen molar-refractivity contribution >= 4 is 15.9 Å². The molecule has 3 aromatic carbocycles. The van der Waals surface area contributed by atoms with Crippen molar-refractivity contribution in [3.63, 3.8) is 0 Å². The highest BCUT2D eigenvalue weighted by Gasteiger charge is 2.16. The number of hydrogen-bond acceptors (Lipinski definition) is 3. The molecule has 0 bridgehead atoms. The molecule has 0 radical (unpaired) electrons. The van der Waals surface area contributed by atoms with Gasteiger partial charge < -0.3 is 9.47 Å². The molecule has 3 aromatic rings. The first-order valence-electron chi connectivity index (χ1n) is 7.53. The number of nitrogens with zero attached hydrogens (tertiary/aromatic N) is 1. The molecule has 0 amide bonds. The normalized spacial score (nSPS) is 10.3. The summed E-state index contributed by atoms with van der Waals surface area (Å²) in [4.78, 5) is 0. The van der Waals surface area contributed by atoms with E-state index in [-0.39, 0.29) is 16.9 Å². The molecule has 0 saturated heterocycles. The molecule has 0 unspecified atom stereocenters. The number of ether oxygens (including phenoxy) is 2. The van der Waals surface area contributed by atoms with Crippen molar-refractivity contribution in [1.82, 2.24) is 0 Å². The molecular formula is C20H12BrF2NO2. The largest absolute Gasteiger partial charge is 0.497 e. The molecule has 0 fully saturated rings. The van der Waals surface area contributed by atoms with Crippen LogP contribution in [0, 0.1) is 23.0 Å². The van der Waals surface area contributed by atoms with Gasteiger partial charge in [0.25, 0.3) is 0 Å². The lowest BCUT2D eigenvalue weighted by Gasteiger charge is -2.13. The van der Waals surface area contributed by atoms with E-state index in [2.05, 4.69) is 22.0 Å². The highest BCUT2D eigenvalue weighted by molar-refractivity contribution is 9.10. The molecule has 0 heterocycles. The summed E-state index contributed by atoms with van der Waals surface area (Å²) in [5.74, 6) is 0.0370. The molecule has 0 aliphatic rings. The summed E-state index contributed by atoms with van der Waals surface area (Å²) in [5, 5.41) is 9.59. The van der Waals surface area contributed by atoms with Gasteiger partial charge in [0.15, 0.2) is 0 Å². The van der Waals surface area contributed by atoms with Crippen LogP contribution in [0.25, 0.3) is 11.1 Å². The van der Waals surface area contributed by atoms with Crippen LogP contribution in [-0.2, 0) is 0 Å². The van der Waals surface area contributed by atoms with Crippen molar-refractivity contribution in [2.45, 2.75) is 0 Å². The van der Waals surface area contributed by atoms with Crippen LogP contribution in [0.3, 0.4) is 0 Å². The smallest absolute Gasteiger partial charge is 0.145 e. The average molecular weight is 416 g/mol. The van der Waals surface area contributed by atoms with Gasteiger partial charge in [0.2, 0.25) is 0 Å². The van der Waals surface area contributed by atoms with Crippen LogP contribution in [0.1, 0.15) is 5.56 Å². The Kier molecular flexibility index (Phi) is 5.19. The molecule has 0 aliphatic heterocycles. The Morgan fingerprint density at radius 1 is 0.962 bits per heavy atom. The lowest BCUT2D eigenvalue weighted by Crippen LogP contribution is -1.95. The molecule has 0 saturated carbocycles. The van der Waals surface area contributed by atoms with Crippen molar-refractivity contribution in [2.24, 2.45) is 0 Å². The highest BCUT2D eigenvalue weighted by atomic mass is 79.9. The Hall–Kier alpha value is -2.91. The second kappa shape index (κ2) is 7.54. The van der Waals surface area contributed by atoms with Gasteiger partial charge in [0.05, 0.1) is 11.6 Å². The summed E-state index contributed by atoms with van der Waals surface area (Å²) in [7, 11) is 1.45. The predicted molar refractivity (Wildman–Crippen MR) is 97.3 cm³/mol. The predicted octanol–water partition coefficient (Wildman–Crippen LogP) is 6.07. The first kappa shape index (κ1) is 17.9. The fraction of sp³-hybridized carbons (Fsp3) is 0.0500. The summed E-state index contributed by atoms with van der Waals surface area (Å²) in [5.41, 5.74) is 0.821. The quantitative estimate of drug-likeness (QED) is 0.519. The highest BCUT2D eigenvalue weighted by Crippen LogP contribution is 2.37. The van der Waals surface area contributed by atoms with E-state index in [0.29, 0.717) is 21.5 Å². The molecule has 0 aromatic heterocycles. The van der Waals surface area contributed by atoms with E-state index in [1.807, 2.05) is 0 Å². The minimum absolute atomic E-state index is 0.174. The van der Waals surface area contributed by atoms with Crippen molar-refractivity contribution < 1.29 is 18.3 Å². The van der Waals surface area contributed by atoms with Crippen molar-refractivity contribution in [2.75, 3.05) is 7.11 Å². The fourth-order valence-corrected chi connectivity index (χ4v) is 2.91. The Labute approximate surface area is 157 Å². The molecule has 3 nitrogen and oxygen atoms in total. The first-order chi connectivity index (χ1) is 12.5. The maximum atomic E-state index is 14.4. The van der Waals surface area contributed by atoms with E-state index >= 15 is 0 Å². The minimum Gasteiger partial charge on any atom is -0.497 e. The number of hydrogen-bond donors (Lipinski definition) is 0. The van der Waals surface area contributed by atoms with E-state index < -0.39 is 11.6 Å². The third kappa shape index (κ3) is 3.53. The number of methoxy groups -OCH3 is 1. The van der Waals surface area contributed by atoms with E-state index in [1.54, 1.807) is 30.3 Å². The summed E-state index contributed by atoms with van der Waals surface area (Å²) >= 11 is 3.22. The van der Waals surface area contributed by atoms with E-state index in [1.165, 1.54) is 31.4 Å². The zero-order valence-corrected chi connectivity index (χ0v) is 15.2. The Morgan fingerprint density at radius 3 is 2.42 bits per heavy atom. The van der Waals surface area contributed by atoms with Crippen molar-refractivity contribution in [1.29, 1.82) is 5.26 Å². The van der Waals surface area contributed by atoms with Gasteiger partial charge >= 0.3 is 0 Å². The van der Waals surface area contributed by atoms with Crippen LogP contribution in [0.4, 0.5) is 8.78 Å².